The monoisotopic (exact) mass is 209 g/mol. The molecule has 2 N–H and O–H groups in total. The summed E-state index contributed by atoms with van der Waals surface area (Å²) in [6.45, 7) is 2.17. The lowest BCUT2D eigenvalue weighted by molar-refractivity contribution is -0.138. The zero-order chi connectivity index (χ0) is 10.1. The summed E-state index contributed by atoms with van der Waals surface area (Å²) in [5.74, 6) is -0.294. The Morgan fingerprint density at radius 2 is 2.50 bits per heavy atom. The molecule has 0 bridgehead atoms. The number of rotatable bonds is 2. The molecule has 14 heavy (non-hydrogen) atoms. The van der Waals surface area contributed by atoms with Crippen molar-refractivity contribution in [2.24, 2.45) is 5.73 Å². The third-order valence-electron chi connectivity index (χ3n) is 2.10. The fourth-order valence-electron chi connectivity index (χ4n) is 1.51. The Kier molecular flexibility index (Phi) is 2.48. The van der Waals surface area contributed by atoms with Gasteiger partial charge in [0.25, 0.3) is 0 Å². The Labute approximate surface area is 86.7 Å². The number of carbonyl (C=O) groups is 1. The lowest BCUT2D eigenvalue weighted by Crippen LogP contribution is -2.23. The van der Waals surface area contributed by atoms with E-state index in [2.05, 4.69) is 0 Å². The zero-order valence-electron chi connectivity index (χ0n) is 7.82. The van der Waals surface area contributed by atoms with Crippen molar-refractivity contribution in [3.05, 3.63) is 34.3 Å². The van der Waals surface area contributed by atoms with Crippen LogP contribution in [-0.4, -0.2) is 18.0 Å². The molecule has 3 nitrogen and oxygen atoms in total. The van der Waals surface area contributed by atoms with Crippen LogP contribution in [0.15, 0.2) is 34.3 Å². The summed E-state index contributed by atoms with van der Waals surface area (Å²) in [4.78, 5) is 12.6. The van der Waals surface area contributed by atoms with Crippen LogP contribution in [0.3, 0.4) is 0 Å². The lowest BCUT2D eigenvalue weighted by atomic mass is 10.1. The molecular formula is C10H11NO2S. The number of allylic oxidation sites excluding steroid dienone is 4. The van der Waals surface area contributed by atoms with Gasteiger partial charge in [-0.1, -0.05) is 12.2 Å². The summed E-state index contributed by atoms with van der Waals surface area (Å²) in [6.07, 6.45) is 5.79. The minimum Gasteiger partial charge on any atom is -0.463 e. The summed E-state index contributed by atoms with van der Waals surface area (Å²) >= 11 is 1.50. The summed E-state index contributed by atoms with van der Waals surface area (Å²) in [5.41, 5.74) is 7.36. The molecule has 0 saturated carbocycles. The van der Waals surface area contributed by atoms with Crippen molar-refractivity contribution in [2.75, 3.05) is 6.61 Å². The fourth-order valence-corrected chi connectivity index (χ4v) is 2.59. The Hall–Kier alpha value is -1.00. The molecule has 74 valence electrons. The van der Waals surface area contributed by atoms with Crippen LogP contribution in [0.2, 0.25) is 0 Å². The van der Waals surface area contributed by atoms with Crippen LogP contribution < -0.4 is 5.73 Å². The van der Waals surface area contributed by atoms with E-state index in [0.29, 0.717) is 12.2 Å². The SMILES string of the molecule is CCOC(=O)C1=C2C=CC=C2S[C@H]1N. The number of thioether (sulfide) groups is 1. The average molecular weight is 209 g/mol. The molecule has 2 rings (SSSR count). The first kappa shape index (κ1) is 9.55. The highest BCUT2D eigenvalue weighted by Gasteiger charge is 2.32. The van der Waals surface area contributed by atoms with Crippen LogP contribution in [-0.2, 0) is 9.53 Å². The van der Waals surface area contributed by atoms with Crippen LogP contribution in [0, 0.1) is 0 Å². The molecular weight excluding hydrogens is 198 g/mol. The Morgan fingerprint density at radius 3 is 3.21 bits per heavy atom. The number of hydrogen-bond donors (Lipinski definition) is 1. The van der Waals surface area contributed by atoms with Crippen molar-refractivity contribution in [3.63, 3.8) is 0 Å². The van der Waals surface area contributed by atoms with Gasteiger partial charge in [0.1, 0.15) is 0 Å². The van der Waals surface area contributed by atoms with Gasteiger partial charge >= 0.3 is 5.97 Å². The second-order valence-corrected chi connectivity index (χ2v) is 4.16. The molecule has 0 aromatic rings. The molecule has 2 aliphatic rings. The standard InChI is InChI=1S/C10H11NO2S/c1-2-13-10(12)8-6-4-3-5-7(6)14-9(8)11/h3-5,9H,2,11H2,1H3/t9-/m1/s1. The second kappa shape index (κ2) is 3.63. The van der Waals surface area contributed by atoms with Gasteiger partial charge in [-0.2, -0.15) is 0 Å². The molecule has 1 aliphatic heterocycles. The van der Waals surface area contributed by atoms with Gasteiger partial charge in [-0.15, -0.1) is 11.8 Å². The summed E-state index contributed by atoms with van der Waals surface area (Å²) < 4.78 is 4.95. The Balaban J connectivity index is 2.32. The van der Waals surface area contributed by atoms with E-state index in [4.69, 9.17) is 10.5 Å². The molecule has 0 saturated heterocycles. The van der Waals surface area contributed by atoms with Gasteiger partial charge in [0.15, 0.2) is 0 Å². The normalized spacial score (nSPS) is 23.9. The zero-order valence-corrected chi connectivity index (χ0v) is 8.64. The van der Waals surface area contributed by atoms with Gasteiger partial charge in [0.05, 0.1) is 17.6 Å². The number of hydrogen-bond acceptors (Lipinski definition) is 4. The molecule has 0 amide bonds. The number of carbonyl (C=O) groups excluding carboxylic acids is 1. The van der Waals surface area contributed by atoms with Crippen molar-refractivity contribution in [2.45, 2.75) is 12.3 Å². The predicted octanol–water partition coefficient (Wildman–Crippen LogP) is 1.33. The van der Waals surface area contributed by atoms with Crippen LogP contribution in [0.5, 0.6) is 0 Å². The molecule has 4 heteroatoms. The number of esters is 1. The van der Waals surface area contributed by atoms with Crippen molar-refractivity contribution >= 4 is 17.7 Å². The molecule has 1 heterocycles. The molecule has 0 unspecified atom stereocenters. The molecule has 1 aliphatic carbocycles. The summed E-state index contributed by atoms with van der Waals surface area (Å²) in [6, 6.07) is 0. The van der Waals surface area contributed by atoms with Crippen LogP contribution in [0.4, 0.5) is 0 Å². The highest BCUT2D eigenvalue weighted by Crippen LogP contribution is 2.43. The van der Waals surface area contributed by atoms with Crippen LogP contribution in [0.1, 0.15) is 6.92 Å². The first-order valence-corrected chi connectivity index (χ1v) is 5.34. The van der Waals surface area contributed by atoms with Gasteiger partial charge in [-0.25, -0.2) is 4.79 Å². The van der Waals surface area contributed by atoms with E-state index >= 15 is 0 Å². The smallest absolute Gasteiger partial charge is 0.337 e. The average Bonchev–Trinajstić information content (AvgIpc) is 2.63. The maximum atomic E-state index is 11.6. The molecule has 0 fully saturated rings. The summed E-state index contributed by atoms with van der Waals surface area (Å²) in [5, 5.41) is -0.278. The summed E-state index contributed by atoms with van der Waals surface area (Å²) in [7, 11) is 0. The van der Waals surface area contributed by atoms with E-state index in [1.165, 1.54) is 11.8 Å². The molecule has 0 radical (unpaired) electrons. The maximum Gasteiger partial charge on any atom is 0.337 e. The number of fused-ring (bicyclic) bond motifs is 1. The van der Waals surface area contributed by atoms with Crippen molar-refractivity contribution in [3.8, 4) is 0 Å². The van der Waals surface area contributed by atoms with E-state index in [1.54, 1.807) is 6.92 Å². The van der Waals surface area contributed by atoms with Crippen molar-refractivity contribution in [1.29, 1.82) is 0 Å². The highest BCUT2D eigenvalue weighted by molar-refractivity contribution is 8.04. The largest absolute Gasteiger partial charge is 0.463 e. The van der Waals surface area contributed by atoms with Crippen molar-refractivity contribution in [1.82, 2.24) is 0 Å². The van der Waals surface area contributed by atoms with Crippen LogP contribution >= 0.6 is 11.8 Å². The molecule has 0 aromatic heterocycles. The van der Waals surface area contributed by atoms with E-state index in [1.807, 2.05) is 18.2 Å². The van der Waals surface area contributed by atoms with E-state index in [0.717, 1.165) is 10.5 Å². The first-order chi connectivity index (χ1) is 6.74. The topological polar surface area (TPSA) is 52.3 Å². The van der Waals surface area contributed by atoms with E-state index < -0.39 is 0 Å². The molecule has 0 aromatic carbocycles. The van der Waals surface area contributed by atoms with E-state index in [-0.39, 0.29) is 11.3 Å². The lowest BCUT2D eigenvalue weighted by Gasteiger charge is -2.07. The fraction of sp³-hybridized carbons (Fsp3) is 0.300. The number of nitrogens with two attached hydrogens (primary N) is 1. The minimum absolute atomic E-state index is 0.278. The van der Waals surface area contributed by atoms with Gasteiger partial charge in [0.2, 0.25) is 0 Å². The molecule has 1 atom stereocenters. The predicted molar refractivity (Wildman–Crippen MR) is 56.4 cm³/mol. The molecule has 0 spiro atoms. The second-order valence-electron chi connectivity index (χ2n) is 2.98. The van der Waals surface area contributed by atoms with Gasteiger partial charge in [0, 0.05) is 10.5 Å². The quantitative estimate of drug-likeness (QED) is 0.697. The first-order valence-electron chi connectivity index (χ1n) is 4.46. The van der Waals surface area contributed by atoms with Gasteiger partial charge in [-0.3, -0.25) is 0 Å². The minimum atomic E-state index is -0.294. The van der Waals surface area contributed by atoms with Crippen LogP contribution in [0.25, 0.3) is 0 Å². The Morgan fingerprint density at radius 1 is 1.71 bits per heavy atom. The third-order valence-corrected chi connectivity index (χ3v) is 3.20. The number of ether oxygens (including phenoxy) is 1. The maximum absolute atomic E-state index is 11.6. The van der Waals surface area contributed by atoms with E-state index in [9.17, 15) is 4.79 Å². The highest BCUT2D eigenvalue weighted by atomic mass is 32.2. The van der Waals surface area contributed by atoms with Gasteiger partial charge in [-0.05, 0) is 13.0 Å². The third kappa shape index (κ3) is 1.40. The van der Waals surface area contributed by atoms with Gasteiger partial charge < -0.3 is 10.5 Å². The van der Waals surface area contributed by atoms with Crippen molar-refractivity contribution < 1.29 is 9.53 Å². The Bertz CT molecular complexity index is 368.